The molecule has 1 unspecified atom stereocenters. The van der Waals surface area contributed by atoms with E-state index in [-0.39, 0.29) is 17.9 Å². The third-order valence-corrected chi connectivity index (χ3v) is 5.08. The Morgan fingerprint density at radius 3 is 2.15 bits per heavy atom. The predicted octanol–water partition coefficient (Wildman–Crippen LogP) is 2.71. The van der Waals surface area contributed by atoms with Gasteiger partial charge in [-0.05, 0) is 23.3 Å². The molecule has 142 valence electrons. The summed E-state index contributed by atoms with van der Waals surface area (Å²) in [7, 11) is 0. The molecule has 3 rings (SSSR count). The van der Waals surface area contributed by atoms with Gasteiger partial charge in [-0.1, -0.05) is 54.1 Å². The largest absolute Gasteiger partial charge is 0.344 e. The molecule has 6 heteroatoms. The number of carbonyl (C=O) groups excluding carboxylic acids is 2. The lowest BCUT2D eigenvalue weighted by Gasteiger charge is -2.34. The summed E-state index contributed by atoms with van der Waals surface area (Å²) in [4.78, 5) is 28.0. The van der Waals surface area contributed by atoms with Gasteiger partial charge in [-0.2, -0.15) is 0 Å². The summed E-state index contributed by atoms with van der Waals surface area (Å²) in [5.74, 6) is 0.0565. The van der Waals surface area contributed by atoms with Crippen molar-refractivity contribution >= 4 is 23.4 Å². The van der Waals surface area contributed by atoms with Gasteiger partial charge in [0.1, 0.15) is 0 Å². The molecular weight excluding hydrogens is 362 g/mol. The van der Waals surface area contributed by atoms with Gasteiger partial charge in [-0.15, -0.1) is 0 Å². The Morgan fingerprint density at radius 1 is 0.963 bits per heavy atom. The molecule has 2 amide bonds. The summed E-state index contributed by atoms with van der Waals surface area (Å²) in [5, 5.41) is 3.81. The number of carbonyl (C=O) groups is 2. The first-order valence-electron chi connectivity index (χ1n) is 9.10. The number of piperazine rings is 1. The van der Waals surface area contributed by atoms with Crippen molar-refractivity contribution in [1.29, 1.82) is 0 Å². The highest BCUT2D eigenvalue weighted by Crippen LogP contribution is 2.23. The van der Waals surface area contributed by atoms with Crippen molar-refractivity contribution < 1.29 is 9.59 Å². The van der Waals surface area contributed by atoms with Gasteiger partial charge in [0.2, 0.25) is 11.8 Å². The fourth-order valence-corrected chi connectivity index (χ4v) is 3.42. The second kappa shape index (κ2) is 9.02. The lowest BCUT2D eigenvalue weighted by atomic mass is 9.98. The second-order valence-electron chi connectivity index (χ2n) is 6.74. The molecule has 0 saturated carbocycles. The molecule has 1 aliphatic rings. The zero-order valence-corrected chi connectivity index (χ0v) is 16.2. The van der Waals surface area contributed by atoms with E-state index in [2.05, 4.69) is 10.2 Å². The fraction of sp³-hybridized carbons (Fsp3) is 0.333. The van der Waals surface area contributed by atoms with Gasteiger partial charge in [0, 0.05) is 38.1 Å². The van der Waals surface area contributed by atoms with Crippen LogP contribution in [0, 0.1) is 0 Å². The van der Waals surface area contributed by atoms with E-state index in [1.807, 2.05) is 59.5 Å². The topological polar surface area (TPSA) is 52.7 Å². The lowest BCUT2D eigenvalue weighted by Crippen LogP contribution is -2.50. The van der Waals surface area contributed by atoms with Gasteiger partial charge in [-0.25, -0.2) is 0 Å². The zero-order chi connectivity index (χ0) is 19.2. The maximum Gasteiger partial charge on any atom is 0.234 e. The number of halogens is 1. The average Bonchev–Trinajstić information content (AvgIpc) is 2.68. The molecule has 1 heterocycles. The number of amides is 2. The first kappa shape index (κ1) is 19.4. The number of hydrogen-bond acceptors (Lipinski definition) is 3. The van der Waals surface area contributed by atoms with Crippen molar-refractivity contribution in [2.75, 3.05) is 32.7 Å². The minimum atomic E-state index is -0.227. The predicted molar refractivity (Wildman–Crippen MR) is 107 cm³/mol. The molecule has 27 heavy (non-hydrogen) atoms. The molecule has 0 radical (unpaired) electrons. The van der Waals surface area contributed by atoms with Gasteiger partial charge in [0.15, 0.2) is 0 Å². The quantitative estimate of drug-likeness (QED) is 0.861. The first-order valence-corrected chi connectivity index (χ1v) is 9.48. The Hall–Kier alpha value is -2.37. The van der Waals surface area contributed by atoms with E-state index in [0.717, 1.165) is 11.1 Å². The van der Waals surface area contributed by atoms with E-state index >= 15 is 0 Å². The highest BCUT2D eigenvalue weighted by atomic mass is 35.5. The molecule has 0 spiro atoms. The monoisotopic (exact) mass is 385 g/mol. The molecule has 1 N–H and O–H groups in total. The molecule has 2 aromatic rings. The van der Waals surface area contributed by atoms with Gasteiger partial charge >= 0.3 is 0 Å². The van der Waals surface area contributed by atoms with Crippen LogP contribution in [0.2, 0.25) is 5.02 Å². The van der Waals surface area contributed by atoms with E-state index in [1.165, 1.54) is 0 Å². The molecule has 1 aliphatic heterocycles. The Labute approximate surface area is 164 Å². The van der Waals surface area contributed by atoms with Crippen molar-refractivity contribution in [3.05, 3.63) is 70.7 Å². The first-order chi connectivity index (χ1) is 13.0. The Balaban J connectivity index is 1.66. The van der Waals surface area contributed by atoms with Crippen LogP contribution in [-0.2, 0) is 9.59 Å². The summed E-state index contributed by atoms with van der Waals surface area (Å²) in [6, 6.07) is 17.2. The maximum atomic E-state index is 12.7. The average molecular weight is 386 g/mol. The van der Waals surface area contributed by atoms with E-state index in [9.17, 15) is 9.59 Å². The third kappa shape index (κ3) is 5.31. The van der Waals surface area contributed by atoms with Crippen LogP contribution in [0.1, 0.15) is 24.1 Å². The minimum Gasteiger partial charge on any atom is -0.344 e. The maximum absolute atomic E-state index is 12.7. The van der Waals surface area contributed by atoms with Crippen molar-refractivity contribution in [2.45, 2.75) is 13.0 Å². The van der Waals surface area contributed by atoms with Crippen LogP contribution < -0.4 is 5.32 Å². The van der Waals surface area contributed by atoms with Crippen LogP contribution in [0.4, 0.5) is 0 Å². The number of rotatable bonds is 5. The number of nitrogens with zero attached hydrogens (tertiary/aromatic N) is 2. The Kier molecular flexibility index (Phi) is 6.48. The van der Waals surface area contributed by atoms with Crippen molar-refractivity contribution in [3.63, 3.8) is 0 Å². The molecule has 1 fully saturated rings. The van der Waals surface area contributed by atoms with Crippen molar-refractivity contribution in [3.8, 4) is 0 Å². The van der Waals surface area contributed by atoms with Crippen molar-refractivity contribution in [1.82, 2.24) is 15.1 Å². The van der Waals surface area contributed by atoms with E-state index in [1.54, 1.807) is 6.92 Å². The normalized spacial score (nSPS) is 16.0. The van der Waals surface area contributed by atoms with Gasteiger partial charge < -0.3 is 10.2 Å². The standard InChI is InChI=1S/C21H24ClN3O2/c1-16(26)25-13-11-24(12-14-25)15-20(27)23-21(17-5-3-2-4-6-17)18-7-9-19(22)10-8-18/h2-10,21H,11-15H2,1H3,(H,23,27). The lowest BCUT2D eigenvalue weighted by molar-refractivity contribution is -0.131. The summed E-state index contributed by atoms with van der Waals surface area (Å²) in [6.45, 7) is 4.67. The molecule has 0 aliphatic carbocycles. The molecule has 2 aromatic carbocycles. The van der Waals surface area contributed by atoms with Gasteiger partial charge in [0.25, 0.3) is 0 Å². The Bertz CT molecular complexity index is 772. The molecular formula is C21H24ClN3O2. The Morgan fingerprint density at radius 2 is 1.56 bits per heavy atom. The van der Waals surface area contributed by atoms with Gasteiger partial charge in [-0.3, -0.25) is 14.5 Å². The summed E-state index contributed by atoms with van der Waals surface area (Å²) in [5.41, 5.74) is 2.01. The number of nitrogens with one attached hydrogen (secondary N) is 1. The summed E-state index contributed by atoms with van der Waals surface area (Å²) >= 11 is 6.01. The zero-order valence-electron chi connectivity index (χ0n) is 15.4. The highest BCUT2D eigenvalue weighted by Gasteiger charge is 2.22. The summed E-state index contributed by atoms with van der Waals surface area (Å²) < 4.78 is 0. The summed E-state index contributed by atoms with van der Waals surface area (Å²) in [6.07, 6.45) is 0. The van der Waals surface area contributed by atoms with E-state index in [0.29, 0.717) is 37.7 Å². The minimum absolute atomic E-state index is 0.0323. The second-order valence-corrected chi connectivity index (χ2v) is 7.18. The van der Waals surface area contributed by atoms with Crippen LogP contribution in [0.25, 0.3) is 0 Å². The number of hydrogen-bond donors (Lipinski definition) is 1. The smallest absolute Gasteiger partial charge is 0.234 e. The van der Waals surface area contributed by atoms with Crippen LogP contribution in [0.5, 0.6) is 0 Å². The molecule has 5 nitrogen and oxygen atoms in total. The molecule has 1 atom stereocenters. The van der Waals surface area contributed by atoms with Gasteiger partial charge in [0.05, 0.1) is 12.6 Å². The van der Waals surface area contributed by atoms with Crippen LogP contribution in [0.15, 0.2) is 54.6 Å². The number of benzene rings is 2. The third-order valence-electron chi connectivity index (χ3n) is 4.83. The fourth-order valence-electron chi connectivity index (χ4n) is 3.29. The van der Waals surface area contributed by atoms with Crippen LogP contribution >= 0.6 is 11.6 Å². The molecule has 0 aromatic heterocycles. The van der Waals surface area contributed by atoms with E-state index in [4.69, 9.17) is 11.6 Å². The molecule has 1 saturated heterocycles. The van der Waals surface area contributed by atoms with Crippen molar-refractivity contribution in [2.24, 2.45) is 0 Å². The van der Waals surface area contributed by atoms with E-state index < -0.39 is 0 Å². The van der Waals surface area contributed by atoms with Crippen LogP contribution in [-0.4, -0.2) is 54.3 Å². The highest BCUT2D eigenvalue weighted by molar-refractivity contribution is 6.30. The van der Waals surface area contributed by atoms with Crippen LogP contribution in [0.3, 0.4) is 0 Å². The SMILES string of the molecule is CC(=O)N1CCN(CC(=O)NC(c2ccccc2)c2ccc(Cl)cc2)CC1. The molecule has 0 bridgehead atoms.